The predicted molar refractivity (Wildman–Crippen MR) is 77.1 cm³/mol. The van der Waals surface area contributed by atoms with Gasteiger partial charge >= 0.3 is 0 Å². The number of aliphatic hydroxyl groups excluding tert-OH is 1. The van der Waals surface area contributed by atoms with Crippen LogP contribution in [-0.4, -0.2) is 5.11 Å². The Hall–Kier alpha value is -0.750. The topological polar surface area (TPSA) is 44.0 Å². The molecule has 0 radical (unpaired) electrons. The van der Waals surface area contributed by atoms with Gasteiger partial charge in [-0.3, -0.25) is 0 Å². The van der Waals surface area contributed by atoms with Crippen molar-refractivity contribution in [2.24, 2.45) is 11.3 Å². The van der Waals surface area contributed by atoms with E-state index in [0.29, 0.717) is 34.4 Å². The maximum absolute atomic E-state index is 10.7. The molecular weight excluding hydrogens is 281 g/mol. The summed E-state index contributed by atoms with van der Waals surface area (Å²) in [5.41, 5.74) is -0.184. The van der Waals surface area contributed by atoms with Crippen LogP contribution in [0.5, 0.6) is 0 Å². The number of nitriles is 1. The van der Waals surface area contributed by atoms with E-state index in [-0.39, 0.29) is 0 Å². The van der Waals surface area contributed by atoms with Gasteiger partial charge in [-0.1, -0.05) is 55.1 Å². The van der Waals surface area contributed by atoms with Gasteiger partial charge in [-0.2, -0.15) is 5.26 Å². The minimum Gasteiger partial charge on any atom is -0.387 e. The summed E-state index contributed by atoms with van der Waals surface area (Å²) in [4.78, 5) is 0. The van der Waals surface area contributed by atoms with Crippen LogP contribution in [0.2, 0.25) is 10.0 Å². The highest BCUT2D eigenvalue weighted by Gasteiger charge is 2.43. The van der Waals surface area contributed by atoms with E-state index in [9.17, 15) is 10.4 Å². The molecule has 1 aliphatic carbocycles. The van der Waals surface area contributed by atoms with E-state index in [4.69, 9.17) is 23.2 Å². The van der Waals surface area contributed by atoms with Crippen molar-refractivity contribution in [1.82, 2.24) is 0 Å². The molecular formula is C15H17Cl2NO. The SMILES string of the molecule is CC1CCCC(C#N)(C(O)c2cccc(Cl)c2Cl)C1. The molecule has 2 rings (SSSR count). The van der Waals surface area contributed by atoms with E-state index in [2.05, 4.69) is 13.0 Å². The van der Waals surface area contributed by atoms with Crippen LogP contribution in [0.4, 0.5) is 0 Å². The highest BCUT2D eigenvalue weighted by Crippen LogP contribution is 2.49. The van der Waals surface area contributed by atoms with Crippen LogP contribution in [0.25, 0.3) is 0 Å². The molecule has 3 unspecified atom stereocenters. The zero-order chi connectivity index (χ0) is 14.0. The zero-order valence-corrected chi connectivity index (χ0v) is 12.4. The van der Waals surface area contributed by atoms with Gasteiger partial charge in [-0.05, 0) is 24.8 Å². The number of benzene rings is 1. The minimum atomic E-state index is -0.883. The molecule has 1 N–H and O–H groups in total. The second-order valence-electron chi connectivity index (χ2n) is 5.52. The van der Waals surface area contributed by atoms with Gasteiger partial charge in [-0.15, -0.1) is 0 Å². The van der Waals surface area contributed by atoms with Gasteiger partial charge in [0.05, 0.1) is 27.6 Å². The fourth-order valence-electron chi connectivity index (χ4n) is 3.03. The molecule has 102 valence electrons. The largest absolute Gasteiger partial charge is 0.387 e. The number of aliphatic hydroxyl groups is 1. The number of nitrogens with zero attached hydrogens (tertiary/aromatic N) is 1. The number of rotatable bonds is 2. The van der Waals surface area contributed by atoms with Crippen molar-refractivity contribution in [2.45, 2.75) is 38.7 Å². The van der Waals surface area contributed by atoms with E-state index >= 15 is 0 Å². The van der Waals surface area contributed by atoms with E-state index in [1.165, 1.54) is 0 Å². The average Bonchev–Trinajstić information content (AvgIpc) is 2.41. The number of halogens is 2. The molecule has 19 heavy (non-hydrogen) atoms. The quantitative estimate of drug-likeness (QED) is 0.856. The lowest BCUT2D eigenvalue weighted by atomic mass is 9.66. The fraction of sp³-hybridized carbons (Fsp3) is 0.533. The molecule has 1 fully saturated rings. The van der Waals surface area contributed by atoms with Crippen LogP contribution >= 0.6 is 23.2 Å². The Kier molecular flexibility index (Phi) is 4.40. The maximum atomic E-state index is 10.7. The summed E-state index contributed by atoms with van der Waals surface area (Å²) in [6.07, 6.45) is 2.60. The average molecular weight is 298 g/mol. The van der Waals surface area contributed by atoms with E-state index in [0.717, 1.165) is 12.8 Å². The summed E-state index contributed by atoms with van der Waals surface area (Å²) in [6.45, 7) is 2.12. The molecule has 0 bridgehead atoms. The van der Waals surface area contributed by atoms with Crippen molar-refractivity contribution in [1.29, 1.82) is 5.26 Å². The third-order valence-electron chi connectivity index (χ3n) is 4.05. The van der Waals surface area contributed by atoms with Crippen molar-refractivity contribution >= 4 is 23.2 Å². The highest BCUT2D eigenvalue weighted by molar-refractivity contribution is 6.42. The standard InChI is InChI=1S/C15H17Cl2NO/c1-10-4-3-7-15(8-10,9-18)14(19)11-5-2-6-12(16)13(11)17/h2,5-6,10,14,19H,3-4,7-8H2,1H3. The Labute approximate surface area is 124 Å². The van der Waals surface area contributed by atoms with Crippen LogP contribution in [0.15, 0.2) is 18.2 Å². The van der Waals surface area contributed by atoms with Crippen molar-refractivity contribution < 1.29 is 5.11 Å². The molecule has 1 aliphatic rings. The third kappa shape index (κ3) is 2.74. The molecule has 1 aromatic rings. The number of hydrogen-bond acceptors (Lipinski definition) is 2. The number of hydrogen-bond donors (Lipinski definition) is 1. The third-order valence-corrected chi connectivity index (χ3v) is 4.89. The monoisotopic (exact) mass is 297 g/mol. The first-order valence-electron chi connectivity index (χ1n) is 6.53. The highest BCUT2D eigenvalue weighted by atomic mass is 35.5. The summed E-state index contributed by atoms with van der Waals surface area (Å²) in [5, 5.41) is 21.0. The molecule has 4 heteroatoms. The van der Waals surface area contributed by atoms with Crippen LogP contribution in [0.1, 0.15) is 44.3 Å². The second-order valence-corrected chi connectivity index (χ2v) is 6.30. The van der Waals surface area contributed by atoms with Crippen molar-refractivity contribution in [3.05, 3.63) is 33.8 Å². The van der Waals surface area contributed by atoms with Crippen LogP contribution in [0.3, 0.4) is 0 Å². The second kappa shape index (κ2) is 5.71. The van der Waals surface area contributed by atoms with Crippen molar-refractivity contribution in [3.8, 4) is 6.07 Å². The summed E-state index contributed by atoms with van der Waals surface area (Å²) >= 11 is 12.1. The predicted octanol–water partition coefficient (Wildman–Crippen LogP) is 4.75. The smallest absolute Gasteiger partial charge is 0.0991 e. The van der Waals surface area contributed by atoms with Crippen LogP contribution in [-0.2, 0) is 0 Å². The van der Waals surface area contributed by atoms with Crippen molar-refractivity contribution in [3.63, 3.8) is 0 Å². The van der Waals surface area contributed by atoms with Crippen LogP contribution < -0.4 is 0 Å². The Bertz CT molecular complexity index is 511. The molecule has 0 heterocycles. The molecule has 3 atom stereocenters. The van der Waals surface area contributed by atoms with Gasteiger partial charge in [0.1, 0.15) is 0 Å². The normalized spacial score (nSPS) is 28.7. The first-order chi connectivity index (χ1) is 9.00. The molecule has 2 nitrogen and oxygen atoms in total. The molecule has 1 aromatic carbocycles. The molecule has 0 saturated heterocycles. The van der Waals surface area contributed by atoms with Crippen molar-refractivity contribution in [2.75, 3.05) is 0 Å². The molecule has 0 aromatic heterocycles. The van der Waals surface area contributed by atoms with Gasteiger partial charge in [0.15, 0.2) is 0 Å². The molecule has 0 aliphatic heterocycles. The van der Waals surface area contributed by atoms with Crippen LogP contribution in [0, 0.1) is 22.7 Å². The molecule has 0 amide bonds. The lowest BCUT2D eigenvalue weighted by Crippen LogP contribution is -2.33. The fourth-order valence-corrected chi connectivity index (χ4v) is 3.44. The van der Waals surface area contributed by atoms with Gasteiger partial charge < -0.3 is 5.11 Å². The van der Waals surface area contributed by atoms with E-state index in [1.807, 2.05) is 0 Å². The first kappa shape index (κ1) is 14.7. The summed E-state index contributed by atoms with van der Waals surface area (Å²) in [6, 6.07) is 7.53. The maximum Gasteiger partial charge on any atom is 0.0991 e. The lowest BCUT2D eigenvalue weighted by molar-refractivity contribution is 0.0220. The molecule has 0 spiro atoms. The van der Waals surface area contributed by atoms with Gasteiger partial charge in [-0.25, -0.2) is 0 Å². The minimum absolute atomic E-state index is 0.351. The zero-order valence-electron chi connectivity index (χ0n) is 10.9. The Balaban J connectivity index is 2.38. The Morgan fingerprint density at radius 3 is 2.84 bits per heavy atom. The van der Waals surface area contributed by atoms with E-state index < -0.39 is 11.5 Å². The molecule has 1 saturated carbocycles. The van der Waals surface area contributed by atoms with E-state index in [1.54, 1.807) is 18.2 Å². The summed E-state index contributed by atoms with van der Waals surface area (Å²) in [5.74, 6) is 0.445. The Morgan fingerprint density at radius 2 is 2.21 bits per heavy atom. The van der Waals surface area contributed by atoms with Gasteiger partial charge in [0, 0.05) is 5.56 Å². The van der Waals surface area contributed by atoms with Gasteiger partial charge in [0.2, 0.25) is 0 Å². The Morgan fingerprint density at radius 1 is 1.47 bits per heavy atom. The van der Waals surface area contributed by atoms with Gasteiger partial charge in [0.25, 0.3) is 0 Å². The lowest BCUT2D eigenvalue weighted by Gasteiger charge is -2.38. The first-order valence-corrected chi connectivity index (χ1v) is 7.29. The summed E-state index contributed by atoms with van der Waals surface area (Å²) in [7, 11) is 0. The summed E-state index contributed by atoms with van der Waals surface area (Å²) < 4.78 is 0.